The molecule has 1 aliphatic carbocycles. The number of likely N-dealkylation sites (tertiary alicyclic amines) is 1. The minimum absolute atomic E-state index is 0.360. The first-order valence-corrected chi connectivity index (χ1v) is 4.60. The number of aliphatic hydroxyl groups excluding tert-OH is 1. The Morgan fingerprint density at radius 1 is 1.55 bits per heavy atom. The largest absolute Gasteiger partial charge is 0.395 e. The van der Waals surface area contributed by atoms with Crippen molar-refractivity contribution in [1.82, 2.24) is 4.90 Å². The second-order valence-electron chi connectivity index (χ2n) is 4.20. The van der Waals surface area contributed by atoms with Crippen molar-refractivity contribution in [1.29, 1.82) is 0 Å². The molecule has 2 nitrogen and oxygen atoms in total. The van der Waals surface area contributed by atoms with Gasteiger partial charge >= 0.3 is 0 Å². The van der Waals surface area contributed by atoms with Crippen LogP contribution >= 0.6 is 0 Å². The van der Waals surface area contributed by atoms with Gasteiger partial charge in [0.15, 0.2) is 0 Å². The van der Waals surface area contributed by atoms with E-state index in [2.05, 4.69) is 18.7 Å². The Bertz CT molecular complexity index is 158. The molecule has 2 heteroatoms. The lowest BCUT2D eigenvalue weighted by Crippen LogP contribution is -2.40. The first kappa shape index (κ1) is 7.56. The van der Waals surface area contributed by atoms with Crippen molar-refractivity contribution in [2.24, 2.45) is 11.8 Å². The van der Waals surface area contributed by atoms with Gasteiger partial charge in [-0.15, -0.1) is 0 Å². The summed E-state index contributed by atoms with van der Waals surface area (Å²) < 4.78 is 0. The minimum Gasteiger partial charge on any atom is -0.395 e. The summed E-state index contributed by atoms with van der Waals surface area (Å²) in [7, 11) is 0. The van der Waals surface area contributed by atoms with Crippen LogP contribution in [0.15, 0.2) is 0 Å². The van der Waals surface area contributed by atoms with E-state index in [9.17, 15) is 0 Å². The quantitative estimate of drug-likeness (QED) is 0.634. The topological polar surface area (TPSA) is 23.5 Å². The molecule has 1 heterocycles. The summed E-state index contributed by atoms with van der Waals surface area (Å²) in [6, 6.07) is 1.10. The fourth-order valence-corrected chi connectivity index (χ4v) is 2.44. The Hall–Kier alpha value is -0.0800. The van der Waals surface area contributed by atoms with E-state index in [1.165, 1.54) is 13.0 Å². The van der Waals surface area contributed by atoms with E-state index < -0.39 is 0 Å². The number of hydrogen-bond donors (Lipinski definition) is 1. The lowest BCUT2D eigenvalue weighted by molar-refractivity contribution is 0.111. The fourth-order valence-electron chi connectivity index (χ4n) is 2.44. The number of hydrogen-bond acceptors (Lipinski definition) is 2. The van der Waals surface area contributed by atoms with Gasteiger partial charge in [0.2, 0.25) is 0 Å². The van der Waals surface area contributed by atoms with E-state index in [-0.39, 0.29) is 0 Å². The first-order chi connectivity index (χ1) is 5.24. The van der Waals surface area contributed by atoms with Crippen LogP contribution in [0.1, 0.15) is 20.3 Å². The van der Waals surface area contributed by atoms with Crippen LogP contribution in [0, 0.1) is 11.8 Å². The average Bonchev–Trinajstić information content (AvgIpc) is 2.63. The van der Waals surface area contributed by atoms with Gasteiger partial charge < -0.3 is 5.11 Å². The summed E-state index contributed by atoms with van der Waals surface area (Å²) in [5.74, 6) is 1.76. The van der Waals surface area contributed by atoms with Gasteiger partial charge in [-0.05, 0) is 32.1 Å². The van der Waals surface area contributed by atoms with Crippen LogP contribution in [0.4, 0.5) is 0 Å². The number of piperidine rings is 1. The SMILES string of the molecule is CC(C)N1C[C@H]2C[C@H]2[C@H]1CO. The zero-order chi connectivity index (χ0) is 8.01. The third-order valence-electron chi connectivity index (χ3n) is 3.19. The van der Waals surface area contributed by atoms with Gasteiger partial charge in [-0.2, -0.15) is 0 Å². The predicted molar refractivity (Wildman–Crippen MR) is 44.3 cm³/mol. The van der Waals surface area contributed by atoms with Crippen molar-refractivity contribution in [3.63, 3.8) is 0 Å². The molecule has 2 rings (SSSR count). The molecule has 11 heavy (non-hydrogen) atoms. The molecule has 3 atom stereocenters. The highest BCUT2D eigenvalue weighted by Crippen LogP contribution is 2.49. The maximum atomic E-state index is 9.14. The van der Waals surface area contributed by atoms with E-state index in [1.54, 1.807) is 0 Å². The van der Waals surface area contributed by atoms with E-state index in [1.807, 2.05) is 0 Å². The molecule has 1 saturated heterocycles. The van der Waals surface area contributed by atoms with Crippen LogP contribution in [-0.2, 0) is 0 Å². The average molecular weight is 155 g/mol. The van der Waals surface area contributed by atoms with Crippen molar-refractivity contribution in [3.05, 3.63) is 0 Å². The molecule has 0 unspecified atom stereocenters. The summed E-state index contributed by atoms with van der Waals surface area (Å²) in [6.07, 6.45) is 1.37. The van der Waals surface area contributed by atoms with E-state index in [0.29, 0.717) is 18.7 Å². The molecule has 0 spiro atoms. The Morgan fingerprint density at radius 2 is 2.27 bits per heavy atom. The van der Waals surface area contributed by atoms with Crippen LogP contribution in [0.2, 0.25) is 0 Å². The van der Waals surface area contributed by atoms with E-state index in [4.69, 9.17) is 5.11 Å². The third kappa shape index (κ3) is 1.09. The lowest BCUT2D eigenvalue weighted by atomic mass is 10.2. The maximum absolute atomic E-state index is 9.14. The van der Waals surface area contributed by atoms with Crippen LogP contribution < -0.4 is 0 Å². The molecule has 1 aliphatic heterocycles. The molecule has 64 valence electrons. The molecule has 2 aliphatic rings. The van der Waals surface area contributed by atoms with Crippen molar-refractivity contribution in [2.45, 2.75) is 32.4 Å². The van der Waals surface area contributed by atoms with Crippen LogP contribution in [0.3, 0.4) is 0 Å². The lowest BCUT2D eigenvalue weighted by Gasteiger charge is -2.29. The molecule has 0 aromatic carbocycles. The van der Waals surface area contributed by atoms with Gasteiger partial charge in [-0.3, -0.25) is 4.90 Å². The second kappa shape index (κ2) is 2.46. The summed E-state index contributed by atoms with van der Waals surface area (Å²) in [6.45, 7) is 6.02. The first-order valence-electron chi connectivity index (χ1n) is 4.60. The van der Waals surface area contributed by atoms with Crippen molar-refractivity contribution >= 4 is 0 Å². The van der Waals surface area contributed by atoms with Gasteiger partial charge in [0.25, 0.3) is 0 Å². The molecule has 0 aromatic rings. The van der Waals surface area contributed by atoms with Gasteiger partial charge in [0.1, 0.15) is 0 Å². The summed E-state index contributed by atoms with van der Waals surface area (Å²) in [5, 5.41) is 9.14. The van der Waals surface area contributed by atoms with Crippen molar-refractivity contribution < 1.29 is 5.11 Å². The molecule has 0 bridgehead atoms. The van der Waals surface area contributed by atoms with Gasteiger partial charge in [0, 0.05) is 18.6 Å². The molecule has 0 aromatic heterocycles. The Balaban J connectivity index is 2.01. The second-order valence-corrected chi connectivity index (χ2v) is 4.20. The molecule has 1 N–H and O–H groups in total. The molecular formula is C9H17NO. The molecule has 1 saturated carbocycles. The summed E-state index contributed by atoms with van der Waals surface area (Å²) in [5.41, 5.74) is 0. The maximum Gasteiger partial charge on any atom is 0.0589 e. The fraction of sp³-hybridized carbons (Fsp3) is 1.00. The molecular weight excluding hydrogens is 138 g/mol. The number of aliphatic hydroxyl groups is 1. The molecule has 0 amide bonds. The van der Waals surface area contributed by atoms with Crippen molar-refractivity contribution in [2.75, 3.05) is 13.2 Å². The highest BCUT2D eigenvalue weighted by atomic mass is 16.3. The monoisotopic (exact) mass is 155 g/mol. The summed E-state index contributed by atoms with van der Waals surface area (Å²) in [4.78, 5) is 2.44. The summed E-state index contributed by atoms with van der Waals surface area (Å²) >= 11 is 0. The van der Waals surface area contributed by atoms with Crippen LogP contribution in [-0.4, -0.2) is 35.2 Å². The standard InChI is InChI=1S/C9H17NO/c1-6(2)10-4-7-3-8(7)9(10)5-11/h6-9,11H,3-5H2,1-2H3/t7-,8-,9-/m1/s1. The van der Waals surface area contributed by atoms with Crippen molar-refractivity contribution in [3.8, 4) is 0 Å². The Labute approximate surface area is 68.2 Å². The van der Waals surface area contributed by atoms with E-state index in [0.717, 1.165) is 11.8 Å². The Kier molecular flexibility index (Phi) is 1.69. The van der Waals surface area contributed by atoms with Crippen LogP contribution in [0.25, 0.3) is 0 Å². The third-order valence-corrected chi connectivity index (χ3v) is 3.19. The predicted octanol–water partition coefficient (Wildman–Crippen LogP) is 0.707. The van der Waals surface area contributed by atoms with Gasteiger partial charge in [-0.25, -0.2) is 0 Å². The highest BCUT2D eigenvalue weighted by molar-refractivity contribution is 5.04. The highest BCUT2D eigenvalue weighted by Gasteiger charge is 2.52. The Morgan fingerprint density at radius 3 is 2.73 bits per heavy atom. The van der Waals surface area contributed by atoms with Crippen LogP contribution in [0.5, 0.6) is 0 Å². The smallest absolute Gasteiger partial charge is 0.0589 e. The number of nitrogens with zero attached hydrogens (tertiary/aromatic N) is 1. The van der Waals surface area contributed by atoms with Gasteiger partial charge in [-0.1, -0.05) is 0 Å². The minimum atomic E-state index is 0.360. The molecule has 2 fully saturated rings. The zero-order valence-electron chi connectivity index (χ0n) is 7.33. The normalized spacial score (nSPS) is 43.1. The zero-order valence-corrected chi connectivity index (χ0v) is 7.33. The van der Waals surface area contributed by atoms with Gasteiger partial charge in [0.05, 0.1) is 6.61 Å². The number of rotatable bonds is 2. The molecule has 0 radical (unpaired) electrons. The number of fused-ring (bicyclic) bond motifs is 1. The van der Waals surface area contributed by atoms with E-state index >= 15 is 0 Å².